The van der Waals surface area contributed by atoms with E-state index in [-0.39, 0.29) is 11.6 Å². The number of rotatable bonds is 1. The van der Waals surface area contributed by atoms with Crippen LogP contribution in [-0.4, -0.2) is 15.2 Å². The van der Waals surface area contributed by atoms with Crippen LogP contribution in [0, 0.1) is 0 Å². The zero-order valence-electron chi connectivity index (χ0n) is 6.94. The van der Waals surface area contributed by atoms with Gasteiger partial charge in [-0.2, -0.15) is 0 Å². The highest BCUT2D eigenvalue weighted by Gasteiger charge is 2.08. The number of nitrogens with zero attached hydrogens (tertiary/aromatic N) is 1. The summed E-state index contributed by atoms with van der Waals surface area (Å²) in [6.45, 7) is 0. The molecule has 0 bridgehead atoms. The summed E-state index contributed by atoms with van der Waals surface area (Å²) in [6.07, 6.45) is 0. The highest BCUT2D eigenvalue weighted by molar-refractivity contribution is 9.10. The van der Waals surface area contributed by atoms with Crippen LogP contribution in [0.5, 0.6) is 11.6 Å². The number of benzene rings is 1. The molecule has 5 heteroatoms. The molecule has 0 aliphatic rings. The van der Waals surface area contributed by atoms with Crippen LogP contribution in [0.4, 0.5) is 0 Å². The van der Waals surface area contributed by atoms with Gasteiger partial charge in [-0.3, -0.25) is 0 Å². The SMILES string of the molecule is Oc1csc(-c2cc(Br)ccc2O)n1. The fraction of sp³-hybridized carbons (Fsp3) is 0. The Morgan fingerprint density at radius 1 is 1.29 bits per heavy atom. The Morgan fingerprint density at radius 3 is 2.71 bits per heavy atom. The Labute approximate surface area is 92.8 Å². The molecule has 1 aromatic carbocycles. The molecular weight excluding hydrogens is 266 g/mol. The molecule has 0 aliphatic heterocycles. The first-order chi connectivity index (χ1) is 6.66. The molecule has 3 nitrogen and oxygen atoms in total. The van der Waals surface area contributed by atoms with Crippen LogP contribution in [0.3, 0.4) is 0 Å². The summed E-state index contributed by atoms with van der Waals surface area (Å²) >= 11 is 4.59. The number of thiazole rings is 1. The second-order valence-electron chi connectivity index (χ2n) is 2.67. The van der Waals surface area contributed by atoms with Crippen molar-refractivity contribution < 1.29 is 10.2 Å². The molecule has 0 radical (unpaired) electrons. The first kappa shape index (κ1) is 9.48. The van der Waals surface area contributed by atoms with E-state index in [0.717, 1.165) is 4.47 Å². The minimum atomic E-state index is -0.0237. The van der Waals surface area contributed by atoms with E-state index in [4.69, 9.17) is 5.11 Å². The molecule has 2 rings (SSSR count). The third kappa shape index (κ3) is 1.73. The average molecular weight is 272 g/mol. The van der Waals surface area contributed by atoms with Crippen LogP contribution in [0.2, 0.25) is 0 Å². The summed E-state index contributed by atoms with van der Waals surface area (Å²) in [5.41, 5.74) is 0.615. The van der Waals surface area contributed by atoms with Crippen molar-refractivity contribution in [3.8, 4) is 22.2 Å². The van der Waals surface area contributed by atoms with Crippen molar-refractivity contribution in [2.24, 2.45) is 0 Å². The van der Waals surface area contributed by atoms with Crippen molar-refractivity contribution in [2.75, 3.05) is 0 Å². The fourth-order valence-corrected chi connectivity index (χ4v) is 2.14. The van der Waals surface area contributed by atoms with E-state index in [0.29, 0.717) is 10.6 Å². The molecule has 0 saturated carbocycles. The monoisotopic (exact) mass is 271 g/mol. The maximum atomic E-state index is 9.56. The largest absolute Gasteiger partial charge is 0.507 e. The Bertz CT molecular complexity index is 470. The maximum absolute atomic E-state index is 9.56. The summed E-state index contributed by atoms with van der Waals surface area (Å²) in [6, 6.07) is 5.08. The normalized spacial score (nSPS) is 10.4. The lowest BCUT2D eigenvalue weighted by Crippen LogP contribution is -1.77. The van der Waals surface area contributed by atoms with Gasteiger partial charge in [-0.15, -0.1) is 11.3 Å². The molecule has 0 atom stereocenters. The van der Waals surface area contributed by atoms with E-state index < -0.39 is 0 Å². The van der Waals surface area contributed by atoms with Gasteiger partial charge in [0.15, 0.2) is 0 Å². The fourth-order valence-electron chi connectivity index (χ4n) is 1.07. The van der Waals surface area contributed by atoms with Crippen LogP contribution >= 0.6 is 27.3 Å². The Kier molecular flexibility index (Phi) is 2.43. The predicted octanol–water partition coefficient (Wildman–Crippen LogP) is 2.98. The molecule has 0 spiro atoms. The van der Waals surface area contributed by atoms with Gasteiger partial charge in [-0.25, -0.2) is 4.98 Å². The molecule has 0 amide bonds. The van der Waals surface area contributed by atoms with E-state index in [2.05, 4.69) is 20.9 Å². The van der Waals surface area contributed by atoms with Gasteiger partial charge < -0.3 is 10.2 Å². The van der Waals surface area contributed by atoms with Crippen LogP contribution < -0.4 is 0 Å². The zero-order valence-corrected chi connectivity index (χ0v) is 9.34. The Balaban J connectivity index is 2.55. The van der Waals surface area contributed by atoms with Crippen molar-refractivity contribution in [1.82, 2.24) is 4.98 Å². The lowest BCUT2D eigenvalue weighted by Gasteiger charge is -2.00. The second kappa shape index (κ2) is 3.59. The molecule has 1 aromatic heterocycles. The number of halogens is 1. The van der Waals surface area contributed by atoms with Gasteiger partial charge >= 0.3 is 0 Å². The van der Waals surface area contributed by atoms with E-state index in [1.165, 1.54) is 16.7 Å². The number of aromatic hydroxyl groups is 2. The lowest BCUT2D eigenvalue weighted by atomic mass is 10.2. The molecule has 0 fully saturated rings. The standard InChI is InChI=1S/C9H6BrNO2S/c10-5-1-2-7(12)6(3-5)9-11-8(13)4-14-9/h1-4,12-13H. The van der Waals surface area contributed by atoms with Crippen molar-refractivity contribution in [1.29, 1.82) is 0 Å². The van der Waals surface area contributed by atoms with Crippen LogP contribution in [0.1, 0.15) is 0 Å². The van der Waals surface area contributed by atoms with E-state index >= 15 is 0 Å². The third-order valence-electron chi connectivity index (χ3n) is 1.68. The molecule has 14 heavy (non-hydrogen) atoms. The number of phenols is 1. The highest BCUT2D eigenvalue weighted by Crippen LogP contribution is 2.34. The molecular formula is C9H6BrNO2S. The van der Waals surface area contributed by atoms with Crippen molar-refractivity contribution in [3.63, 3.8) is 0 Å². The van der Waals surface area contributed by atoms with E-state index in [1.54, 1.807) is 18.2 Å². The molecule has 2 N–H and O–H groups in total. The maximum Gasteiger partial charge on any atom is 0.222 e. The predicted molar refractivity (Wildman–Crippen MR) is 58.6 cm³/mol. The average Bonchev–Trinajstić information content (AvgIpc) is 2.56. The molecule has 1 heterocycles. The van der Waals surface area contributed by atoms with Gasteiger partial charge in [0.1, 0.15) is 10.8 Å². The molecule has 72 valence electrons. The van der Waals surface area contributed by atoms with Gasteiger partial charge in [0.05, 0.1) is 10.9 Å². The van der Waals surface area contributed by atoms with Crippen LogP contribution in [0.15, 0.2) is 28.1 Å². The summed E-state index contributed by atoms with van der Waals surface area (Å²) in [7, 11) is 0. The zero-order chi connectivity index (χ0) is 10.1. The van der Waals surface area contributed by atoms with Crippen LogP contribution in [-0.2, 0) is 0 Å². The van der Waals surface area contributed by atoms with Gasteiger partial charge in [-0.05, 0) is 18.2 Å². The first-order valence-electron chi connectivity index (χ1n) is 3.80. The molecule has 0 unspecified atom stereocenters. The summed E-state index contributed by atoms with van der Waals surface area (Å²) < 4.78 is 0.861. The van der Waals surface area contributed by atoms with Gasteiger partial charge in [0, 0.05) is 4.47 Å². The smallest absolute Gasteiger partial charge is 0.222 e. The van der Waals surface area contributed by atoms with Crippen molar-refractivity contribution >= 4 is 27.3 Å². The summed E-state index contributed by atoms with van der Waals surface area (Å²) in [5, 5.41) is 20.8. The van der Waals surface area contributed by atoms with Crippen molar-refractivity contribution in [2.45, 2.75) is 0 Å². The number of aromatic nitrogens is 1. The van der Waals surface area contributed by atoms with Gasteiger partial charge in [-0.1, -0.05) is 15.9 Å². The summed E-state index contributed by atoms with van der Waals surface area (Å²) in [5.74, 6) is 0.131. The highest BCUT2D eigenvalue weighted by atomic mass is 79.9. The molecule has 0 aliphatic carbocycles. The van der Waals surface area contributed by atoms with E-state index in [9.17, 15) is 5.11 Å². The van der Waals surface area contributed by atoms with Crippen LogP contribution in [0.25, 0.3) is 10.6 Å². The minimum Gasteiger partial charge on any atom is -0.507 e. The third-order valence-corrected chi connectivity index (χ3v) is 3.04. The quantitative estimate of drug-likeness (QED) is 0.839. The van der Waals surface area contributed by atoms with Gasteiger partial charge in [0.25, 0.3) is 0 Å². The Morgan fingerprint density at radius 2 is 2.07 bits per heavy atom. The lowest BCUT2D eigenvalue weighted by molar-refractivity contribution is 0.457. The van der Waals surface area contributed by atoms with Crippen molar-refractivity contribution in [3.05, 3.63) is 28.1 Å². The molecule has 2 aromatic rings. The first-order valence-corrected chi connectivity index (χ1v) is 5.47. The summed E-state index contributed by atoms with van der Waals surface area (Å²) in [4.78, 5) is 3.88. The number of hydrogen-bond acceptors (Lipinski definition) is 4. The van der Waals surface area contributed by atoms with Gasteiger partial charge in [0.2, 0.25) is 5.88 Å². The minimum absolute atomic E-state index is 0.0237. The number of phenolic OH excluding ortho intramolecular Hbond substituents is 1. The van der Waals surface area contributed by atoms with E-state index in [1.807, 2.05) is 0 Å². The Hall–Kier alpha value is -1.07. The number of hydrogen-bond donors (Lipinski definition) is 2. The molecule has 0 saturated heterocycles. The topological polar surface area (TPSA) is 53.4 Å². The second-order valence-corrected chi connectivity index (χ2v) is 4.45.